The molecule has 7 heteroatoms. The van der Waals surface area contributed by atoms with Crippen molar-refractivity contribution in [2.24, 2.45) is 0 Å². The van der Waals surface area contributed by atoms with Crippen LogP contribution in [-0.2, 0) is 11.3 Å². The fraction of sp³-hybridized carbons (Fsp3) is 0.615. The number of hydrogen-bond donors (Lipinski definition) is 1. The van der Waals surface area contributed by atoms with Crippen molar-refractivity contribution in [3.63, 3.8) is 0 Å². The van der Waals surface area contributed by atoms with Gasteiger partial charge < -0.3 is 10.2 Å². The summed E-state index contributed by atoms with van der Waals surface area (Å²) in [6, 6.07) is 4.21. The van der Waals surface area contributed by atoms with Crippen LogP contribution < -0.4 is 5.32 Å². The molecule has 0 aliphatic carbocycles. The number of thioether (sulfide) groups is 1. The minimum Gasteiger partial charge on any atom is -0.338 e. The summed E-state index contributed by atoms with van der Waals surface area (Å²) in [7, 11) is 0. The predicted molar refractivity (Wildman–Crippen MR) is 91.4 cm³/mol. The van der Waals surface area contributed by atoms with Gasteiger partial charge in [0.25, 0.3) is 0 Å². The van der Waals surface area contributed by atoms with E-state index in [2.05, 4.69) is 5.32 Å². The van der Waals surface area contributed by atoms with E-state index in [0.29, 0.717) is 19.0 Å². The molecule has 0 spiro atoms. The quantitative estimate of drug-likeness (QED) is 0.880. The Bertz CT molecular complexity index is 422. The van der Waals surface area contributed by atoms with E-state index < -0.39 is 0 Å². The van der Waals surface area contributed by atoms with Gasteiger partial charge in [-0.1, -0.05) is 11.6 Å². The molecular formula is C13H20Cl2N2OS2. The van der Waals surface area contributed by atoms with Crippen LogP contribution in [0.2, 0.25) is 4.34 Å². The van der Waals surface area contributed by atoms with Gasteiger partial charge in [0.1, 0.15) is 0 Å². The van der Waals surface area contributed by atoms with Crippen molar-refractivity contribution in [1.29, 1.82) is 0 Å². The first-order chi connectivity index (χ1) is 9.19. The lowest BCUT2D eigenvalue weighted by Gasteiger charge is -2.26. The highest BCUT2D eigenvalue weighted by Gasteiger charge is 2.20. The summed E-state index contributed by atoms with van der Waals surface area (Å²) in [5, 5.41) is 3.41. The molecular weight excluding hydrogens is 335 g/mol. The monoisotopic (exact) mass is 354 g/mol. The highest BCUT2D eigenvalue weighted by molar-refractivity contribution is 7.99. The molecule has 1 atom stereocenters. The topological polar surface area (TPSA) is 32.3 Å². The zero-order chi connectivity index (χ0) is 13.7. The van der Waals surface area contributed by atoms with Gasteiger partial charge in [0.2, 0.25) is 5.91 Å². The van der Waals surface area contributed by atoms with Crippen LogP contribution in [-0.4, -0.2) is 41.4 Å². The van der Waals surface area contributed by atoms with Gasteiger partial charge in [-0.3, -0.25) is 4.79 Å². The first-order valence-electron chi connectivity index (χ1n) is 6.52. The summed E-state index contributed by atoms with van der Waals surface area (Å²) in [5.74, 6) is 2.41. The van der Waals surface area contributed by atoms with Crippen LogP contribution >= 0.6 is 47.1 Å². The SMILES string of the molecule is CCN(Cc1ccc(Cl)s1)C(=O)CC1CSCCN1.Cl. The van der Waals surface area contributed by atoms with Crippen LogP contribution in [0.25, 0.3) is 0 Å². The molecule has 0 saturated carbocycles. The maximum absolute atomic E-state index is 12.3. The molecule has 1 amide bonds. The lowest BCUT2D eigenvalue weighted by Crippen LogP contribution is -2.42. The van der Waals surface area contributed by atoms with Gasteiger partial charge in [-0.05, 0) is 19.1 Å². The summed E-state index contributed by atoms with van der Waals surface area (Å²) >= 11 is 9.39. The Kier molecular flexibility index (Phi) is 8.29. The molecule has 114 valence electrons. The summed E-state index contributed by atoms with van der Waals surface area (Å²) in [6.07, 6.45) is 0.597. The second-order valence-corrected chi connectivity index (χ2v) is 7.49. The number of halogens is 2. The molecule has 1 aliphatic rings. The Morgan fingerprint density at radius 2 is 2.35 bits per heavy atom. The zero-order valence-corrected chi connectivity index (χ0v) is 14.6. The molecule has 3 nitrogen and oxygen atoms in total. The molecule has 1 unspecified atom stereocenters. The second-order valence-electron chi connectivity index (χ2n) is 4.54. The molecule has 2 rings (SSSR count). The Morgan fingerprint density at radius 1 is 1.55 bits per heavy atom. The Hall–Kier alpha value is 0.0600. The predicted octanol–water partition coefficient (Wildman–Crippen LogP) is 3.27. The number of carbonyl (C=O) groups excluding carboxylic acids is 1. The first kappa shape index (κ1) is 18.1. The molecule has 0 radical (unpaired) electrons. The summed E-state index contributed by atoms with van der Waals surface area (Å²) in [4.78, 5) is 15.4. The minimum absolute atomic E-state index is 0. The van der Waals surface area contributed by atoms with Gasteiger partial charge in [-0.15, -0.1) is 23.7 Å². The van der Waals surface area contributed by atoms with Crippen LogP contribution in [0, 0.1) is 0 Å². The Balaban J connectivity index is 0.00000200. The molecule has 1 aromatic rings. The fourth-order valence-electron chi connectivity index (χ4n) is 2.09. The Morgan fingerprint density at radius 3 is 2.90 bits per heavy atom. The average Bonchev–Trinajstić information content (AvgIpc) is 2.82. The number of thiophene rings is 1. The molecule has 2 heterocycles. The van der Waals surface area contributed by atoms with E-state index in [0.717, 1.165) is 33.8 Å². The standard InChI is InChI=1S/C13H19ClN2OS2.ClH/c1-2-16(8-11-3-4-12(14)19-11)13(17)7-10-9-18-6-5-15-10;/h3-4,10,15H,2,5-9H2,1H3;1H. The van der Waals surface area contributed by atoms with Crippen LogP contribution in [0.15, 0.2) is 12.1 Å². The number of nitrogens with one attached hydrogen (secondary N) is 1. The van der Waals surface area contributed by atoms with Crippen LogP contribution in [0.1, 0.15) is 18.2 Å². The van der Waals surface area contributed by atoms with E-state index in [1.54, 1.807) is 11.3 Å². The third-order valence-corrected chi connectivity index (χ3v) is 5.48. The van der Waals surface area contributed by atoms with E-state index in [1.807, 2.05) is 35.7 Å². The van der Waals surface area contributed by atoms with Crippen molar-refractivity contribution in [2.45, 2.75) is 25.9 Å². The Labute approximate surface area is 139 Å². The number of hydrogen-bond acceptors (Lipinski definition) is 4. The number of nitrogens with zero attached hydrogens (tertiary/aromatic N) is 1. The van der Waals surface area contributed by atoms with Gasteiger partial charge >= 0.3 is 0 Å². The first-order valence-corrected chi connectivity index (χ1v) is 8.87. The molecule has 1 saturated heterocycles. The molecule has 1 aliphatic heterocycles. The third kappa shape index (κ3) is 5.45. The fourth-order valence-corrected chi connectivity index (χ4v) is 4.14. The minimum atomic E-state index is 0. The maximum Gasteiger partial charge on any atom is 0.224 e. The van der Waals surface area contributed by atoms with Gasteiger partial charge in [0, 0.05) is 41.9 Å². The van der Waals surface area contributed by atoms with Crippen molar-refractivity contribution < 1.29 is 4.79 Å². The number of carbonyl (C=O) groups is 1. The van der Waals surface area contributed by atoms with Gasteiger partial charge in [0.15, 0.2) is 0 Å². The van der Waals surface area contributed by atoms with E-state index in [9.17, 15) is 4.79 Å². The largest absolute Gasteiger partial charge is 0.338 e. The normalized spacial score (nSPS) is 18.4. The average molecular weight is 355 g/mol. The lowest BCUT2D eigenvalue weighted by molar-refractivity contribution is -0.132. The molecule has 0 bridgehead atoms. The second kappa shape index (κ2) is 9.15. The van der Waals surface area contributed by atoms with Crippen LogP contribution in [0.5, 0.6) is 0 Å². The smallest absolute Gasteiger partial charge is 0.224 e. The lowest BCUT2D eigenvalue weighted by atomic mass is 10.2. The summed E-state index contributed by atoms with van der Waals surface area (Å²) in [6.45, 7) is 4.45. The van der Waals surface area contributed by atoms with Crippen molar-refractivity contribution in [3.8, 4) is 0 Å². The van der Waals surface area contributed by atoms with Gasteiger partial charge in [-0.25, -0.2) is 0 Å². The summed E-state index contributed by atoms with van der Waals surface area (Å²) in [5.41, 5.74) is 0. The summed E-state index contributed by atoms with van der Waals surface area (Å²) < 4.78 is 0.781. The molecule has 0 aromatic carbocycles. The number of amides is 1. The highest BCUT2D eigenvalue weighted by Crippen LogP contribution is 2.23. The van der Waals surface area contributed by atoms with Gasteiger partial charge in [0.05, 0.1) is 10.9 Å². The van der Waals surface area contributed by atoms with Crippen LogP contribution in [0.4, 0.5) is 0 Å². The van der Waals surface area contributed by atoms with Crippen molar-refractivity contribution in [3.05, 3.63) is 21.3 Å². The molecule has 1 fully saturated rings. The molecule has 1 aromatic heterocycles. The number of rotatable bonds is 5. The zero-order valence-electron chi connectivity index (χ0n) is 11.4. The van der Waals surface area contributed by atoms with Crippen molar-refractivity contribution >= 4 is 53.0 Å². The van der Waals surface area contributed by atoms with E-state index in [4.69, 9.17) is 11.6 Å². The van der Waals surface area contributed by atoms with E-state index in [-0.39, 0.29) is 18.3 Å². The van der Waals surface area contributed by atoms with Crippen molar-refractivity contribution in [1.82, 2.24) is 10.2 Å². The van der Waals surface area contributed by atoms with Crippen molar-refractivity contribution in [2.75, 3.05) is 24.6 Å². The maximum atomic E-state index is 12.3. The van der Waals surface area contributed by atoms with E-state index in [1.165, 1.54) is 0 Å². The molecule has 20 heavy (non-hydrogen) atoms. The van der Waals surface area contributed by atoms with Gasteiger partial charge in [-0.2, -0.15) is 11.8 Å². The third-order valence-electron chi connectivity index (χ3n) is 3.13. The molecule has 1 N–H and O–H groups in total. The van der Waals surface area contributed by atoms with E-state index >= 15 is 0 Å². The van der Waals surface area contributed by atoms with Crippen LogP contribution in [0.3, 0.4) is 0 Å². The highest BCUT2D eigenvalue weighted by atomic mass is 35.5.